The maximum Gasteiger partial charge on any atom is 0.327 e. The second-order valence-electron chi connectivity index (χ2n) is 12.0. The number of nitrogens with one attached hydrogen (secondary N) is 2. The second kappa shape index (κ2) is 18.0. The van der Waals surface area contributed by atoms with Crippen LogP contribution in [0.15, 0.2) is 97.1 Å². The lowest BCUT2D eigenvalue weighted by molar-refractivity contribution is -0.141. The molecule has 0 bridgehead atoms. The number of carbonyl (C=O) groups excluding carboxylic acids is 3. The van der Waals surface area contributed by atoms with Gasteiger partial charge in [-0.1, -0.05) is 54.1 Å². The van der Waals surface area contributed by atoms with E-state index in [1.54, 1.807) is 29.2 Å². The topological polar surface area (TPSA) is 145 Å². The van der Waals surface area contributed by atoms with Crippen LogP contribution in [-0.2, 0) is 24.9 Å². The maximum atomic E-state index is 13.7. The summed E-state index contributed by atoms with van der Waals surface area (Å²) in [7, 11) is 0. The normalized spacial score (nSPS) is 16.4. The predicted octanol–water partition coefficient (Wildman–Crippen LogP) is 5.19. The van der Waals surface area contributed by atoms with Crippen LogP contribution in [0.25, 0.3) is 0 Å². The highest BCUT2D eigenvalue weighted by Gasteiger charge is 2.49. The quantitative estimate of drug-likeness (QED) is 0.107. The number of β-lactam (4-membered cyclic amide) rings is 1. The molecule has 3 amide bonds. The van der Waals surface area contributed by atoms with Crippen LogP contribution in [0.2, 0.25) is 0 Å². The first-order valence-corrected chi connectivity index (χ1v) is 18.5. The van der Waals surface area contributed by atoms with Gasteiger partial charge in [-0.3, -0.25) is 14.4 Å². The number of aliphatic hydroxyl groups is 1. The van der Waals surface area contributed by atoms with Crippen LogP contribution in [0.4, 0.5) is 14.5 Å². The number of halogens is 2. The van der Waals surface area contributed by atoms with Crippen molar-refractivity contribution >= 4 is 52.9 Å². The first kappa shape index (κ1) is 38.3. The van der Waals surface area contributed by atoms with Crippen molar-refractivity contribution in [1.29, 1.82) is 0 Å². The van der Waals surface area contributed by atoms with Gasteiger partial charge in [-0.2, -0.15) is 11.8 Å². The van der Waals surface area contributed by atoms with Gasteiger partial charge in [0.05, 0.1) is 18.7 Å². The number of aryl methyl sites for hydroxylation is 1. The van der Waals surface area contributed by atoms with E-state index in [2.05, 4.69) is 10.6 Å². The summed E-state index contributed by atoms with van der Waals surface area (Å²) >= 11 is 2.63. The summed E-state index contributed by atoms with van der Waals surface area (Å²) in [6, 6.07) is 24.1. The number of anilines is 1. The number of amides is 3. The minimum absolute atomic E-state index is 0.149. The molecule has 272 valence electrons. The fourth-order valence-electron chi connectivity index (χ4n) is 5.35. The molecule has 4 N–H and O–H groups in total. The zero-order valence-electron chi connectivity index (χ0n) is 28.0. The Hall–Kier alpha value is -4.92. The number of hydrogen-bond acceptors (Lipinski definition) is 8. The van der Waals surface area contributed by atoms with Crippen molar-refractivity contribution in [1.82, 2.24) is 10.6 Å². The predicted molar refractivity (Wildman–Crippen MR) is 196 cm³/mol. The standard InChI is InChI=1S/C38H37F2N3O7S2/c1-23-2-4-24(5-3-23)20-51-21-31(38(48)49)42-33(45)18-41-34(46)19-50-30-16-8-26(9-17-30)35-36(37(47)43(35)29-14-12-28(40)13-15-29)52-22-32(44)25-6-10-27(39)11-7-25/h2-17,31-32,35-36,44H,18-22H2,1H3,(H,41,46)(H,42,45)(H,48,49)/t31-,32?,35?,36-/m1/s1. The van der Waals surface area contributed by atoms with Gasteiger partial charge in [0.1, 0.15) is 28.7 Å². The largest absolute Gasteiger partial charge is 0.484 e. The third-order valence-corrected chi connectivity index (χ3v) is 10.6. The molecule has 14 heteroatoms. The molecule has 1 fully saturated rings. The lowest BCUT2D eigenvalue weighted by Crippen LogP contribution is -2.57. The summed E-state index contributed by atoms with van der Waals surface area (Å²) < 4.78 is 32.6. The highest BCUT2D eigenvalue weighted by atomic mass is 32.2. The van der Waals surface area contributed by atoms with E-state index in [1.165, 1.54) is 72.1 Å². The Kier molecular flexibility index (Phi) is 13.3. The lowest BCUT2D eigenvalue weighted by atomic mass is 9.92. The van der Waals surface area contributed by atoms with Gasteiger partial charge >= 0.3 is 5.97 Å². The molecule has 1 aliphatic rings. The van der Waals surface area contributed by atoms with Crippen LogP contribution in [0, 0.1) is 18.6 Å². The van der Waals surface area contributed by atoms with Crippen LogP contribution in [0.1, 0.15) is 34.4 Å². The highest BCUT2D eigenvalue weighted by Crippen LogP contribution is 2.46. The van der Waals surface area contributed by atoms with Gasteiger partial charge in [-0.15, -0.1) is 11.8 Å². The second-order valence-corrected chi connectivity index (χ2v) is 14.2. The van der Waals surface area contributed by atoms with E-state index in [0.29, 0.717) is 22.8 Å². The summed E-state index contributed by atoms with van der Waals surface area (Å²) in [5.74, 6) is -2.26. The molecule has 1 saturated heterocycles. The minimum atomic E-state index is -1.18. The van der Waals surface area contributed by atoms with E-state index in [-0.39, 0.29) is 17.4 Å². The SMILES string of the molecule is Cc1ccc(CSC[C@@H](NC(=O)CNC(=O)COc2ccc(C3[C@@H](SCC(O)c4ccc(F)cc4)C(=O)N3c3ccc(F)cc3)cc2)C(=O)O)cc1. The number of nitrogens with zero attached hydrogens (tertiary/aromatic N) is 1. The Morgan fingerprint density at radius 1 is 0.865 bits per heavy atom. The molecule has 4 atom stereocenters. The monoisotopic (exact) mass is 749 g/mol. The van der Waals surface area contributed by atoms with Gasteiger partial charge in [-0.05, 0) is 72.1 Å². The summed E-state index contributed by atoms with van der Waals surface area (Å²) in [4.78, 5) is 51.4. The van der Waals surface area contributed by atoms with Gasteiger partial charge < -0.3 is 30.5 Å². The number of ether oxygens (including phenoxy) is 1. The number of hydrogen-bond donors (Lipinski definition) is 4. The Bertz CT molecular complexity index is 1850. The Balaban J connectivity index is 1.12. The van der Waals surface area contributed by atoms with E-state index < -0.39 is 66.0 Å². The number of aliphatic carboxylic acids is 1. The molecule has 2 unspecified atom stereocenters. The average molecular weight is 750 g/mol. The smallest absolute Gasteiger partial charge is 0.327 e. The molecule has 5 rings (SSSR count). The first-order chi connectivity index (χ1) is 25.0. The number of carboxylic acid groups (broad SMARTS) is 1. The van der Waals surface area contributed by atoms with Gasteiger partial charge in [0, 0.05) is 22.9 Å². The van der Waals surface area contributed by atoms with E-state index in [9.17, 15) is 38.2 Å². The van der Waals surface area contributed by atoms with E-state index >= 15 is 0 Å². The fraction of sp³-hybridized carbons (Fsp3) is 0.263. The van der Waals surface area contributed by atoms with Crippen LogP contribution in [0.3, 0.4) is 0 Å². The maximum absolute atomic E-state index is 13.7. The molecule has 4 aromatic rings. The molecule has 1 aliphatic heterocycles. The lowest BCUT2D eigenvalue weighted by Gasteiger charge is -2.47. The van der Waals surface area contributed by atoms with Crippen LogP contribution in [0.5, 0.6) is 5.75 Å². The molecular formula is C38H37F2N3O7S2. The van der Waals surface area contributed by atoms with E-state index in [1.807, 2.05) is 31.2 Å². The van der Waals surface area contributed by atoms with Crippen molar-refractivity contribution in [3.8, 4) is 5.75 Å². The molecule has 0 aliphatic carbocycles. The van der Waals surface area contributed by atoms with Gasteiger partial charge in [0.15, 0.2) is 6.61 Å². The third kappa shape index (κ3) is 10.3. The first-order valence-electron chi connectivity index (χ1n) is 16.3. The van der Waals surface area contributed by atoms with Crippen molar-refractivity contribution in [2.45, 2.75) is 36.1 Å². The summed E-state index contributed by atoms with van der Waals surface area (Å²) in [6.45, 7) is 1.13. The van der Waals surface area contributed by atoms with E-state index in [0.717, 1.165) is 16.7 Å². The van der Waals surface area contributed by atoms with Gasteiger partial charge in [-0.25, -0.2) is 13.6 Å². The van der Waals surface area contributed by atoms with Crippen molar-refractivity contribution in [3.63, 3.8) is 0 Å². The van der Waals surface area contributed by atoms with Gasteiger partial charge in [0.25, 0.3) is 5.91 Å². The van der Waals surface area contributed by atoms with Crippen molar-refractivity contribution in [2.75, 3.05) is 29.6 Å². The van der Waals surface area contributed by atoms with Crippen LogP contribution in [-0.4, -0.2) is 69.9 Å². The molecule has 0 spiro atoms. The Morgan fingerprint density at radius 3 is 2.13 bits per heavy atom. The molecule has 10 nitrogen and oxygen atoms in total. The van der Waals surface area contributed by atoms with Crippen molar-refractivity contribution in [3.05, 3.63) is 131 Å². The third-order valence-electron chi connectivity index (χ3n) is 8.18. The van der Waals surface area contributed by atoms with Crippen LogP contribution < -0.4 is 20.3 Å². The molecule has 52 heavy (non-hydrogen) atoms. The molecular weight excluding hydrogens is 713 g/mol. The number of carboxylic acids is 1. The van der Waals surface area contributed by atoms with Crippen molar-refractivity contribution < 1.29 is 42.9 Å². The summed E-state index contributed by atoms with van der Waals surface area (Å²) in [5.41, 5.74) is 3.92. The number of rotatable bonds is 17. The summed E-state index contributed by atoms with van der Waals surface area (Å²) in [6.07, 6.45) is -0.932. The molecule has 1 heterocycles. The number of carbonyl (C=O) groups is 4. The fourth-order valence-corrected chi connectivity index (χ4v) is 7.66. The van der Waals surface area contributed by atoms with Crippen molar-refractivity contribution in [2.24, 2.45) is 0 Å². The Morgan fingerprint density at radius 2 is 1.50 bits per heavy atom. The van der Waals surface area contributed by atoms with Gasteiger partial charge in [0.2, 0.25) is 11.8 Å². The number of benzene rings is 4. The van der Waals surface area contributed by atoms with Crippen LogP contribution >= 0.6 is 23.5 Å². The minimum Gasteiger partial charge on any atom is -0.484 e. The molecule has 0 aromatic heterocycles. The number of thioether (sulfide) groups is 2. The summed E-state index contributed by atoms with van der Waals surface area (Å²) in [5, 5.41) is 24.5. The Labute approximate surface area is 307 Å². The molecule has 0 radical (unpaired) electrons. The zero-order chi connectivity index (χ0) is 37.2. The zero-order valence-corrected chi connectivity index (χ0v) is 29.7. The number of aliphatic hydroxyl groups excluding tert-OH is 1. The van der Waals surface area contributed by atoms with E-state index in [4.69, 9.17) is 4.74 Å². The average Bonchev–Trinajstić information content (AvgIpc) is 3.13. The molecule has 0 saturated carbocycles. The highest BCUT2D eigenvalue weighted by molar-refractivity contribution is 8.00. The molecule has 4 aromatic carbocycles.